The standard InChI is InChI=1S/C22H28N2O2/c1-22(2,26)12-11-17-7-6-10-19(15-17)21(25)24-14-13-23-20(16-24)18-8-4-3-5-9-18/h3-10,15,20,23,26H,11-14,16H2,1-2H3. The number of amides is 1. The number of nitrogens with zero attached hydrogens (tertiary/aromatic N) is 1. The van der Waals surface area contributed by atoms with Gasteiger partial charge in [-0.15, -0.1) is 0 Å². The monoisotopic (exact) mass is 352 g/mol. The minimum absolute atomic E-state index is 0.0811. The Bertz CT molecular complexity index is 737. The van der Waals surface area contributed by atoms with Crippen LogP contribution in [0, 0.1) is 0 Å². The number of hydrogen-bond donors (Lipinski definition) is 2. The number of aliphatic hydroxyl groups is 1. The molecule has 1 aliphatic heterocycles. The molecule has 1 saturated heterocycles. The lowest BCUT2D eigenvalue weighted by Crippen LogP contribution is -2.48. The number of rotatable bonds is 5. The second kappa shape index (κ2) is 8.02. The van der Waals surface area contributed by atoms with Crippen molar-refractivity contribution in [3.05, 3.63) is 71.3 Å². The molecule has 0 aliphatic carbocycles. The summed E-state index contributed by atoms with van der Waals surface area (Å²) >= 11 is 0. The third kappa shape index (κ3) is 4.93. The molecule has 0 spiro atoms. The first kappa shape index (κ1) is 18.6. The van der Waals surface area contributed by atoms with Crippen LogP contribution in [-0.4, -0.2) is 41.1 Å². The predicted molar refractivity (Wildman–Crippen MR) is 104 cm³/mol. The summed E-state index contributed by atoms with van der Waals surface area (Å²) < 4.78 is 0. The van der Waals surface area contributed by atoms with Crippen molar-refractivity contribution in [2.24, 2.45) is 0 Å². The average Bonchev–Trinajstić information content (AvgIpc) is 2.66. The van der Waals surface area contributed by atoms with E-state index in [0.29, 0.717) is 13.0 Å². The Morgan fingerprint density at radius 2 is 1.96 bits per heavy atom. The first-order chi connectivity index (χ1) is 12.4. The molecule has 26 heavy (non-hydrogen) atoms. The fourth-order valence-corrected chi connectivity index (χ4v) is 3.34. The van der Waals surface area contributed by atoms with Crippen molar-refractivity contribution in [1.29, 1.82) is 0 Å². The molecule has 1 atom stereocenters. The minimum Gasteiger partial charge on any atom is -0.390 e. The van der Waals surface area contributed by atoms with Gasteiger partial charge in [0.2, 0.25) is 0 Å². The van der Waals surface area contributed by atoms with Gasteiger partial charge >= 0.3 is 0 Å². The third-order valence-electron chi connectivity index (χ3n) is 4.86. The van der Waals surface area contributed by atoms with Crippen molar-refractivity contribution in [2.75, 3.05) is 19.6 Å². The van der Waals surface area contributed by atoms with Crippen molar-refractivity contribution in [3.8, 4) is 0 Å². The second-order valence-corrected chi connectivity index (χ2v) is 7.68. The number of hydrogen-bond acceptors (Lipinski definition) is 3. The van der Waals surface area contributed by atoms with Crippen LogP contribution in [0.15, 0.2) is 54.6 Å². The van der Waals surface area contributed by atoms with Gasteiger partial charge in [-0.25, -0.2) is 0 Å². The summed E-state index contributed by atoms with van der Waals surface area (Å²) in [4.78, 5) is 14.9. The molecule has 1 unspecified atom stereocenters. The molecule has 1 amide bonds. The van der Waals surface area contributed by atoms with Crippen molar-refractivity contribution in [2.45, 2.75) is 38.3 Å². The van der Waals surface area contributed by atoms with Gasteiger partial charge in [0.15, 0.2) is 0 Å². The molecule has 3 rings (SSSR count). The van der Waals surface area contributed by atoms with E-state index in [9.17, 15) is 9.90 Å². The molecular formula is C22H28N2O2. The highest BCUT2D eigenvalue weighted by molar-refractivity contribution is 5.94. The number of piperazine rings is 1. The van der Waals surface area contributed by atoms with Gasteiger partial charge < -0.3 is 15.3 Å². The van der Waals surface area contributed by atoms with Gasteiger partial charge in [-0.1, -0.05) is 42.5 Å². The van der Waals surface area contributed by atoms with Crippen LogP contribution in [0.2, 0.25) is 0 Å². The minimum atomic E-state index is -0.693. The summed E-state index contributed by atoms with van der Waals surface area (Å²) in [7, 11) is 0. The Hall–Kier alpha value is -2.17. The first-order valence-electron chi connectivity index (χ1n) is 9.31. The van der Waals surface area contributed by atoms with E-state index < -0.39 is 5.60 Å². The Balaban J connectivity index is 1.68. The summed E-state index contributed by atoms with van der Waals surface area (Å²) in [6.07, 6.45) is 1.44. The van der Waals surface area contributed by atoms with Gasteiger partial charge in [-0.05, 0) is 49.9 Å². The molecule has 2 aromatic rings. The van der Waals surface area contributed by atoms with Crippen molar-refractivity contribution in [3.63, 3.8) is 0 Å². The van der Waals surface area contributed by atoms with E-state index in [2.05, 4.69) is 17.4 Å². The molecule has 4 nitrogen and oxygen atoms in total. The summed E-state index contributed by atoms with van der Waals surface area (Å²) in [5.41, 5.74) is 2.34. The van der Waals surface area contributed by atoms with Crippen LogP contribution in [0.3, 0.4) is 0 Å². The molecular weight excluding hydrogens is 324 g/mol. The quantitative estimate of drug-likeness (QED) is 0.869. The fourth-order valence-electron chi connectivity index (χ4n) is 3.34. The number of benzene rings is 2. The van der Waals surface area contributed by atoms with Gasteiger partial charge in [0.1, 0.15) is 0 Å². The molecule has 2 aromatic carbocycles. The highest BCUT2D eigenvalue weighted by Gasteiger charge is 2.25. The normalized spacial score (nSPS) is 18.0. The largest absolute Gasteiger partial charge is 0.390 e. The number of nitrogens with one attached hydrogen (secondary N) is 1. The second-order valence-electron chi connectivity index (χ2n) is 7.68. The van der Waals surface area contributed by atoms with E-state index in [0.717, 1.165) is 30.6 Å². The maximum Gasteiger partial charge on any atom is 0.253 e. The molecule has 2 N–H and O–H groups in total. The average molecular weight is 352 g/mol. The van der Waals surface area contributed by atoms with Gasteiger partial charge in [0.25, 0.3) is 5.91 Å². The first-order valence-corrected chi connectivity index (χ1v) is 9.31. The predicted octanol–water partition coefficient (Wildman–Crippen LogP) is 3.18. The maximum absolute atomic E-state index is 13.0. The lowest BCUT2D eigenvalue weighted by Gasteiger charge is -2.34. The summed E-state index contributed by atoms with van der Waals surface area (Å²) in [5, 5.41) is 13.4. The van der Waals surface area contributed by atoms with Crippen LogP contribution in [0.25, 0.3) is 0 Å². The molecule has 0 radical (unpaired) electrons. The summed E-state index contributed by atoms with van der Waals surface area (Å²) in [6, 6.07) is 18.3. The maximum atomic E-state index is 13.0. The Kier molecular flexibility index (Phi) is 5.74. The Morgan fingerprint density at radius 1 is 1.19 bits per heavy atom. The Morgan fingerprint density at radius 3 is 2.69 bits per heavy atom. The zero-order valence-electron chi connectivity index (χ0n) is 15.6. The Labute approximate surface area is 155 Å². The van der Waals surface area contributed by atoms with Gasteiger partial charge in [0.05, 0.1) is 5.60 Å². The van der Waals surface area contributed by atoms with Gasteiger partial charge in [-0.3, -0.25) is 4.79 Å². The van der Waals surface area contributed by atoms with Crippen LogP contribution in [0.4, 0.5) is 0 Å². The van der Waals surface area contributed by atoms with Crippen molar-refractivity contribution < 1.29 is 9.90 Å². The molecule has 4 heteroatoms. The van der Waals surface area contributed by atoms with Crippen LogP contribution < -0.4 is 5.32 Å². The van der Waals surface area contributed by atoms with E-state index in [1.165, 1.54) is 5.56 Å². The molecule has 1 fully saturated rings. The number of aryl methyl sites for hydroxylation is 1. The molecule has 0 saturated carbocycles. The molecule has 1 heterocycles. The smallest absolute Gasteiger partial charge is 0.253 e. The van der Waals surface area contributed by atoms with Crippen molar-refractivity contribution in [1.82, 2.24) is 10.2 Å². The van der Waals surface area contributed by atoms with E-state index in [1.807, 2.05) is 61.2 Å². The van der Waals surface area contributed by atoms with Gasteiger partial charge in [0, 0.05) is 31.2 Å². The van der Waals surface area contributed by atoms with E-state index in [1.54, 1.807) is 0 Å². The highest BCUT2D eigenvalue weighted by atomic mass is 16.3. The van der Waals surface area contributed by atoms with E-state index in [-0.39, 0.29) is 11.9 Å². The highest BCUT2D eigenvalue weighted by Crippen LogP contribution is 2.20. The molecule has 1 aliphatic rings. The number of carbonyl (C=O) groups excluding carboxylic acids is 1. The van der Waals surface area contributed by atoms with Crippen LogP contribution in [0.5, 0.6) is 0 Å². The van der Waals surface area contributed by atoms with Crippen LogP contribution in [0.1, 0.15) is 47.8 Å². The number of carbonyl (C=O) groups is 1. The SMILES string of the molecule is CC(C)(O)CCc1cccc(C(=O)N2CCNC(c3ccccc3)C2)c1. The van der Waals surface area contributed by atoms with E-state index in [4.69, 9.17) is 0 Å². The third-order valence-corrected chi connectivity index (χ3v) is 4.86. The molecule has 0 aromatic heterocycles. The van der Waals surface area contributed by atoms with Gasteiger partial charge in [-0.2, -0.15) is 0 Å². The van der Waals surface area contributed by atoms with Crippen molar-refractivity contribution >= 4 is 5.91 Å². The zero-order valence-corrected chi connectivity index (χ0v) is 15.6. The fraction of sp³-hybridized carbons (Fsp3) is 0.409. The lowest BCUT2D eigenvalue weighted by molar-refractivity contribution is 0.0703. The van der Waals surface area contributed by atoms with E-state index >= 15 is 0 Å². The summed E-state index contributed by atoms with van der Waals surface area (Å²) in [6.45, 7) is 5.81. The lowest BCUT2D eigenvalue weighted by atomic mass is 9.97. The molecule has 0 bridgehead atoms. The van der Waals surface area contributed by atoms with Crippen LogP contribution >= 0.6 is 0 Å². The van der Waals surface area contributed by atoms with Crippen LogP contribution in [-0.2, 0) is 6.42 Å². The molecule has 138 valence electrons. The topological polar surface area (TPSA) is 52.6 Å². The zero-order chi connectivity index (χ0) is 18.6. The summed E-state index contributed by atoms with van der Waals surface area (Å²) in [5.74, 6) is 0.0811.